The minimum Gasteiger partial charge on any atom is -0.310 e. The fourth-order valence-electron chi connectivity index (χ4n) is 2.02. The molecule has 0 aliphatic carbocycles. The fourth-order valence-corrected chi connectivity index (χ4v) is 2.02. The molecule has 1 N–H and O–H groups in total. The van der Waals surface area contributed by atoms with Crippen LogP contribution in [0.5, 0.6) is 0 Å². The Balaban J connectivity index is 1.66. The molecule has 0 bridgehead atoms. The van der Waals surface area contributed by atoms with Gasteiger partial charge in [0.05, 0.1) is 5.69 Å². The predicted molar refractivity (Wildman–Crippen MR) is 78.7 cm³/mol. The molecular formula is C16H20FN3. The number of halogens is 1. The Morgan fingerprint density at radius 1 is 1.20 bits per heavy atom. The van der Waals surface area contributed by atoms with E-state index in [1.807, 2.05) is 31.3 Å². The molecule has 0 aliphatic heterocycles. The molecule has 0 unspecified atom stereocenters. The van der Waals surface area contributed by atoms with Crippen LogP contribution < -0.4 is 5.32 Å². The van der Waals surface area contributed by atoms with Crippen LogP contribution in [0.15, 0.2) is 48.7 Å². The summed E-state index contributed by atoms with van der Waals surface area (Å²) in [4.78, 5) is 6.42. The first-order valence-electron chi connectivity index (χ1n) is 6.77. The van der Waals surface area contributed by atoms with E-state index in [0.29, 0.717) is 0 Å². The van der Waals surface area contributed by atoms with Crippen LogP contribution in [-0.2, 0) is 13.1 Å². The quantitative estimate of drug-likeness (QED) is 0.785. The molecular weight excluding hydrogens is 253 g/mol. The van der Waals surface area contributed by atoms with Crippen molar-refractivity contribution in [2.45, 2.75) is 13.1 Å². The number of rotatable bonds is 7. The molecule has 20 heavy (non-hydrogen) atoms. The second-order valence-electron chi connectivity index (χ2n) is 4.87. The first-order valence-corrected chi connectivity index (χ1v) is 6.77. The smallest absolute Gasteiger partial charge is 0.123 e. The normalized spacial score (nSPS) is 10.9. The van der Waals surface area contributed by atoms with E-state index in [-0.39, 0.29) is 5.82 Å². The van der Waals surface area contributed by atoms with E-state index in [1.165, 1.54) is 6.07 Å². The Hall–Kier alpha value is -1.78. The lowest BCUT2D eigenvalue weighted by Gasteiger charge is -2.17. The lowest BCUT2D eigenvalue weighted by atomic mass is 10.2. The third-order valence-corrected chi connectivity index (χ3v) is 3.04. The Bertz CT molecular complexity index is 516. The molecule has 1 aromatic carbocycles. The maximum atomic E-state index is 13.1. The first kappa shape index (κ1) is 14.6. The van der Waals surface area contributed by atoms with Crippen molar-refractivity contribution >= 4 is 0 Å². The summed E-state index contributed by atoms with van der Waals surface area (Å²) >= 11 is 0. The number of likely N-dealkylation sites (N-methyl/N-ethyl adjacent to an activating group) is 1. The zero-order chi connectivity index (χ0) is 14.2. The van der Waals surface area contributed by atoms with Crippen LogP contribution in [0.25, 0.3) is 0 Å². The monoisotopic (exact) mass is 273 g/mol. The van der Waals surface area contributed by atoms with Gasteiger partial charge in [0, 0.05) is 32.4 Å². The lowest BCUT2D eigenvalue weighted by Crippen LogP contribution is -2.28. The van der Waals surface area contributed by atoms with Gasteiger partial charge in [-0.3, -0.25) is 4.98 Å². The molecule has 1 heterocycles. The van der Waals surface area contributed by atoms with Gasteiger partial charge in [-0.25, -0.2) is 4.39 Å². The number of pyridine rings is 1. The second-order valence-corrected chi connectivity index (χ2v) is 4.87. The molecule has 2 aromatic rings. The van der Waals surface area contributed by atoms with Crippen molar-refractivity contribution in [2.24, 2.45) is 0 Å². The summed E-state index contributed by atoms with van der Waals surface area (Å²) in [7, 11) is 2.04. The largest absolute Gasteiger partial charge is 0.310 e. The molecule has 1 aromatic heterocycles. The van der Waals surface area contributed by atoms with E-state index in [1.54, 1.807) is 18.3 Å². The minimum atomic E-state index is -0.177. The average molecular weight is 273 g/mol. The molecule has 0 saturated heterocycles. The van der Waals surface area contributed by atoms with Crippen LogP contribution in [-0.4, -0.2) is 30.0 Å². The molecule has 0 saturated carbocycles. The molecule has 3 nitrogen and oxygen atoms in total. The van der Waals surface area contributed by atoms with Gasteiger partial charge in [0.15, 0.2) is 0 Å². The van der Waals surface area contributed by atoms with Gasteiger partial charge < -0.3 is 10.2 Å². The molecule has 2 rings (SSSR count). The summed E-state index contributed by atoms with van der Waals surface area (Å²) in [6.45, 7) is 3.31. The fraction of sp³-hybridized carbons (Fsp3) is 0.312. The number of nitrogens with one attached hydrogen (secondary N) is 1. The molecule has 106 valence electrons. The van der Waals surface area contributed by atoms with E-state index in [2.05, 4.69) is 15.2 Å². The Kier molecular flexibility index (Phi) is 5.65. The molecule has 0 amide bonds. The number of hydrogen-bond donors (Lipinski definition) is 1. The molecule has 0 radical (unpaired) electrons. The van der Waals surface area contributed by atoms with E-state index in [4.69, 9.17) is 0 Å². The number of hydrogen-bond acceptors (Lipinski definition) is 3. The summed E-state index contributed by atoms with van der Waals surface area (Å²) in [5.74, 6) is -0.177. The van der Waals surface area contributed by atoms with E-state index >= 15 is 0 Å². The molecule has 4 heteroatoms. The van der Waals surface area contributed by atoms with Gasteiger partial charge in [0.2, 0.25) is 0 Å². The van der Waals surface area contributed by atoms with Gasteiger partial charge in [-0.2, -0.15) is 0 Å². The number of nitrogens with zero attached hydrogens (tertiary/aromatic N) is 2. The van der Waals surface area contributed by atoms with Crippen LogP contribution in [0, 0.1) is 5.82 Å². The second kappa shape index (κ2) is 7.72. The van der Waals surface area contributed by atoms with Crippen molar-refractivity contribution in [3.05, 3.63) is 65.7 Å². The summed E-state index contributed by atoms with van der Waals surface area (Å²) in [6.07, 6.45) is 1.80. The van der Waals surface area contributed by atoms with Gasteiger partial charge in [-0.05, 0) is 36.9 Å². The highest BCUT2D eigenvalue weighted by Gasteiger charge is 2.01. The van der Waals surface area contributed by atoms with Gasteiger partial charge in [-0.1, -0.05) is 18.2 Å². The maximum absolute atomic E-state index is 13.1. The van der Waals surface area contributed by atoms with Crippen molar-refractivity contribution in [3.63, 3.8) is 0 Å². The van der Waals surface area contributed by atoms with Crippen LogP contribution in [0.1, 0.15) is 11.3 Å². The minimum absolute atomic E-state index is 0.177. The highest BCUT2D eigenvalue weighted by atomic mass is 19.1. The molecule has 0 fully saturated rings. The van der Waals surface area contributed by atoms with Gasteiger partial charge in [-0.15, -0.1) is 0 Å². The Labute approximate surface area is 119 Å². The van der Waals surface area contributed by atoms with Gasteiger partial charge in [0.1, 0.15) is 5.82 Å². The van der Waals surface area contributed by atoms with E-state index < -0.39 is 0 Å². The number of aromatic nitrogens is 1. The van der Waals surface area contributed by atoms with Gasteiger partial charge in [0.25, 0.3) is 0 Å². The van der Waals surface area contributed by atoms with Crippen LogP contribution in [0.2, 0.25) is 0 Å². The zero-order valence-corrected chi connectivity index (χ0v) is 11.7. The third kappa shape index (κ3) is 5.07. The summed E-state index contributed by atoms with van der Waals surface area (Å²) < 4.78 is 13.1. The van der Waals surface area contributed by atoms with Crippen molar-refractivity contribution < 1.29 is 4.39 Å². The van der Waals surface area contributed by atoms with Crippen LogP contribution in [0.4, 0.5) is 4.39 Å². The van der Waals surface area contributed by atoms with Crippen molar-refractivity contribution in [3.8, 4) is 0 Å². The number of benzene rings is 1. The summed E-state index contributed by atoms with van der Waals surface area (Å²) in [5.41, 5.74) is 2.04. The predicted octanol–water partition coefficient (Wildman–Crippen LogP) is 2.44. The molecule has 0 spiro atoms. The SMILES string of the molecule is CN(CCNCc1ccccn1)Cc1cccc(F)c1. The van der Waals surface area contributed by atoms with Gasteiger partial charge >= 0.3 is 0 Å². The zero-order valence-electron chi connectivity index (χ0n) is 11.7. The van der Waals surface area contributed by atoms with E-state index in [0.717, 1.165) is 37.4 Å². The van der Waals surface area contributed by atoms with Crippen molar-refractivity contribution in [2.75, 3.05) is 20.1 Å². The van der Waals surface area contributed by atoms with Crippen molar-refractivity contribution in [1.29, 1.82) is 0 Å². The van der Waals surface area contributed by atoms with E-state index in [9.17, 15) is 4.39 Å². The first-order chi connectivity index (χ1) is 9.74. The third-order valence-electron chi connectivity index (χ3n) is 3.04. The lowest BCUT2D eigenvalue weighted by molar-refractivity contribution is 0.323. The Morgan fingerprint density at radius 3 is 2.85 bits per heavy atom. The highest BCUT2D eigenvalue weighted by molar-refractivity contribution is 5.16. The summed E-state index contributed by atoms with van der Waals surface area (Å²) in [6, 6.07) is 12.6. The maximum Gasteiger partial charge on any atom is 0.123 e. The Morgan fingerprint density at radius 2 is 2.10 bits per heavy atom. The molecule has 0 aliphatic rings. The standard InChI is InChI=1S/C16H20FN3/c1-20(13-14-5-4-6-15(17)11-14)10-9-18-12-16-7-2-3-8-19-16/h2-8,11,18H,9-10,12-13H2,1H3. The van der Waals surface area contributed by atoms with Crippen LogP contribution in [0.3, 0.4) is 0 Å². The highest BCUT2D eigenvalue weighted by Crippen LogP contribution is 2.05. The average Bonchev–Trinajstić information content (AvgIpc) is 2.45. The topological polar surface area (TPSA) is 28.2 Å². The van der Waals surface area contributed by atoms with Crippen LogP contribution >= 0.6 is 0 Å². The van der Waals surface area contributed by atoms with Crippen molar-refractivity contribution in [1.82, 2.24) is 15.2 Å². The summed E-state index contributed by atoms with van der Waals surface area (Å²) in [5, 5.41) is 3.35. The molecule has 0 atom stereocenters.